The Labute approximate surface area is 163 Å². The highest BCUT2D eigenvalue weighted by Gasteiger charge is 2.11. The van der Waals surface area contributed by atoms with Crippen molar-refractivity contribution in [1.82, 2.24) is 0 Å². The number of aryl methyl sites for hydroxylation is 2. The predicted molar refractivity (Wildman–Crippen MR) is 105 cm³/mol. The quantitative estimate of drug-likeness (QED) is 0.594. The van der Waals surface area contributed by atoms with Crippen molar-refractivity contribution in [3.63, 3.8) is 0 Å². The summed E-state index contributed by atoms with van der Waals surface area (Å²) in [4.78, 5) is 23.6. The van der Waals surface area contributed by atoms with Crippen molar-refractivity contribution in [3.05, 3.63) is 67.4 Å². The minimum atomic E-state index is -0.452. The van der Waals surface area contributed by atoms with Crippen molar-refractivity contribution in [1.29, 1.82) is 0 Å². The molecule has 1 aromatic heterocycles. The highest BCUT2D eigenvalue weighted by molar-refractivity contribution is 9.10. The molecule has 134 valence electrons. The molecule has 1 N–H and O–H groups in total. The number of fused-ring (bicyclic) bond motifs is 1. The fourth-order valence-electron chi connectivity index (χ4n) is 2.49. The van der Waals surface area contributed by atoms with Crippen LogP contribution in [0, 0.1) is 13.8 Å². The first-order valence-electron chi connectivity index (χ1n) is 7.76. The maximum atomic E-state index is 12.1. The van der Waals surface area contributed by atoms with Crippen LogP contribution in [0.5, 0.6) is 5.75 Å². The summed E-state index contributed by atoms with van der Waals surface area (Å²) in [6.45, 7) is 3.50. The Bertz CT molecular complexity index is 1060. The number of nitrogens with one attached hydrogen (secondary N) is 1. The Balaban J connectivity index is 1.74. The Morgan fingerprint density at radius 1 is 1.19 bits per heavy atom. The number of hydrogen-bond donors (Lipinski definition) is 1. The summed E-state index contributed by atoms with van der Waals surface area (Å²) in [6, 6.07) is 10.1. The SMILES string of the molecule is Cc1cc(NC(=O)COc2cc3oc(=O)cc(C)c3cc2Cl)ccc1Br. The van der Waals surface area contributed by atoms with Gasteiger partial charge < -0.3 is 14.5 Å². The van der Waals surface area contributed by atoms with Gasteiger partial charge in [0.05, 0.1) is 5.02 Å². The molecule has 3 rings (SSSR count). The van der Waals surface area contributed by atoms with Gasteiger partial charge in [0.25, 0.3) is 5.91 Å². The predicted octanol–water partition coefficient (Wildman–Crippen LogP) is 4.84. The molecule has 0 saturated heterocycles. The first-order chi connectivity index (χ1) is 12.3. The number of carbonyl (C=O) groups is 1. The maximum absolute atomic E-state index is 12.1. The van der Waals surface area contributed by atoms with Crippen LogP contribution in [0.2, 0.25) is 5.02 Å². The average Bonchev–Trinajstić information content (AvgIpc) is 2.57. The molecule has 3 aromatic rings. The third kappa shape index (κ3) is 4.08. The average molecular weight is 437 g/mol. The van der Waals surface area contributed by atoms with Crippen LogP contribution in [-0.2, 0) is 4.79 Å². The van der Waals surface area contributed by atoms with Gasteiger partial charge in [0, 0.05) is 27.7 Å². The molecule has 0 aliphatic heterocycles. The van der Waals surface area contributed by atoms with E-state index in [1.165, 1.54) is 12.1 Å². The lowest BCUT2D eigenvalue weighted by molar-refractivity contribution is -0.118. The summed E-state index contributed by atoms with van der Waals surface area (Å²) < 4.78 is 11.6. The normalized spacial score (nSPS) is 10.8. The second kappa shape index (κ2) is 7.51. The minimum Gasteiger partial charge on any atom is -0.482 e. The fourth-order valence-corrected chi connectivity index (χ4v) is 2.96. The highest BCUT2D eigenvalue weighted by atomic mass is 79.9. The third-order valence-electron chi connectivity index (χ3n) is 3.80. The van der Waals surface area contributed by atoms with Gasteiger partial charge in [0.2, 0.25) is 0 Å². The molecule has 2 aromatic carbocycles. The van der Waals surface area contributed by atoms with Crippen molar-refractivity contribution < 1.29 is 13.9 Å². The molecule has 1 amide bonds. The van der Waals surface area contributed by atoms with Crippen molar-refractivity contribution in [3.8, 4) is 5.75 Å². The number of benzene rings is 2. The molecule has 0 aliphatic rings. The standard InChI is InChI=1S/C19H15BrClNO4/c1-10-6-19(24)26-16-8-17(15(21)7-13(10)16)25-9-18(23)22-12-3-4-14(20)11(2)5-12/h3-8H,9H2,1-2H3,(H,22,23). The number of ether oxygens (including phenoxy) is 1. The molecule has 0 atom stereocenters. The molecular weight excluding hydrogens is 422 g/mol. The van der Waals surface area contributed by atoms with Gasteiger partial charge in [-0.1, -0.05) is 27.5 Å². The van der Waals surface area contributed by atoms with Crippen LogP contribution in [0.4, 0.5) is 5.69 Å². The van der Waals surface area contributed by atoms with Crippen LogP contribution >= 0.6 is 27.5 Å². The van der Waals surface area contributed by atoms with Crippen LogP contribution in [0.1, 0.15) is 11.1 Å². The summed E-state index contributed by atoms with van der Waals surface area (Å²) in [6.07, 6.45) is 0. The van der Waals surface area contributed by atoms with E-state index < -0.39 is 5.63 Å². The number of rotatable bonds is 4. The van der Waals surface area contributed by atoms with Gasteiger partial charge in [-0.3, -0.25) is 4.79 Å². The van der Waals surface area contributed by atoms with Gasteiger partial charge in [-0.25, -0.2) is 4.79 Å². The summed E-state index contributed by atoms with van der Waals surface area (Å²) >= 11 is 9.63. The molecule has 26 heavy (non-hydrogen) atoms. The van der Waals surface area contributed by atoms with E-state index in [0.29, 0.717) is 16.3 Å². The Morgan fingerprint density at radius 3 is 2.69 bits per heavy atom. The molecule has 0 aliphatic carbocycles. The zero-order valence-corrected chi connectivity index (χ0v) is 16.4. The van der Waals surface area contributed by atoms with E-state index in [1.807, 2.05) is 19.1 Å². The monoisotopic (exact) mass is 435 g/mol. The first-order valence-corrected chi connectivity index (χ1v) is 8.93. The van der Waals surface area contributed by atoms with Crippen LogP contribution < -0.4 is 15.7 Å². The second-order valence-electron chi connectivity index (χ2n) is 5.83. The third-order valence-corrected chi connectivity index (χ3v) is 4.99. The lowest BCUT2D eigenvalue weighted by atomic mass is 10.1. The number of hydrogen-bond acceptors (Lipinski definition) is 4. The molecule has 0 unspecified atom stereocenters. The van der Waals surface area contributed by atoms with Crippen LogP contribution in [0.3, 0.4) is 0 Å². The van der Waals surface area contributed by atoms with Gasteiger partial charge in [-0.05, 0) is 49.2 Å². The number of halogens is 2. The molecule has 7 heteroatoms. The van der Waals surface area contributed by atoms with Gasteiger partial charge in [-0.15, -0.1) is 0 Å². The number of carbonyl (C=O) groups excluding carboxylic acids is 1. The Morgan fingerprint density at radius 2 is 1.96 bits per heavy atom. The number of amides is 1. The smallest absolute Gasteiger partial charge is 0.336 e. The van der Waals surface area contributed by atoms with Crippen LogP contribution in [0.15, 0.2) is 50.1 Å². The summed E-state index contributed by atoms with van der Waals surface area (Å²) in [7, 11) is 0. The van der Waals surface area contributed by atoms with Gasteiger partial charge in [0.15, 0.2) is 6.61 Å². The second-order valence-corrected chi connectivity index (χ2v) is 7.09. The molecule has 0 bridgehead atoms. The lowest BCUT2D eigenvalue weighted by Crippen LogP contribution is -2.20. The molecule has 0 saturated carbocycles. The fraction of sp³-hybridized carbons (Fsp3) is 0.158. The van der Waals surface area contributed by atoms with Gasteiger partial charge in [0.1, 0.15) is 11.3 Å². The topological polar surface area (TPSA) is 68.5 Å². The van der Waals surface area contributed by atoms with Crippen molar-refractivity contribution in [2.24, 2.45) is 0 Å². The summed E-state index contributed by atoms with van der Waals surface area (Å²) in [5, 5.41) is 3.81. The molecule has 0 radical (unpaired) electrons. The Hall–Kier alpha value is -2.31. The van der Waals surface area contributed by atoms with Crippen molar-refractivity contribution >= 4 is 50.1 Å². The largest absolute Gasteiger partial charge is 0.482 e. The highest BCUT2D eigenvalue weighted by Crippen LogP contribution is 2.31. The maximum Gasteiger partial charge on any atom is 0.336 e. The van der Waals surface area contributed by atoms with E-state index in [1.54, 1.807) is 19.1 Å². The van der Waals surface area contributed by atoms with E-state index >= 15 is 0 Å². The zero-order valence-electron chi connectivity index (χ0n) is 14.1. The first kappa shape index (κ1) is 18.5. The molecule has 0 spiro atoms. The van der Waals surface area contributed by atoms with E-state index in [-0.39, 0.29) is 18.3 Å². The summed E-state index contributed by atoms with van der Waals surface area (Å²) in [5.74, 6) is -0.0522. The minimum absolute atomic E-state index is 0.226. The number of anilines is 1. The van der Waals surface area contributed by atoms with Crippen LogP contribution in [0.25, 0.3) is 11.0 Å². The molecule has 1 heterocycles. The van der Waals surface area contributed by atoms with Crippen molar-refractivity contribution in [2.45, 2.75) is 13.8 Å². The summed E-state index contributed by atoms with van der Waals surface area (Å²) in [5.41, 5.74) is 2.34. The van der Waals surface area contributed by atoms with Crippen molar-refractivity contribution in [2.75, 3.05) is 11.9 Å². The van der Waals surface area contributed by atoms with E-state index in [0.717, 1.165) is 21.0 Å². The molecule has 5 nitrogen and oxygen atoms in total. The van der Waals surface area contributed by atoms with E-state index in [4.69, 9.17) is 20.8 Å². The molecule has 0 fully saturated rings. The van der Waals surface area contributed by atoms with E-state index in [2.05, 4.69) is 21.2 Å². The van der Waals surface area contributed by atoms with Crippen LogP contribution in [-0.4, -0.2) is 12.5 Å². The Kier molecular flexibility index (Phi) is 5.34. The lowest BCUT2D eigenvalue weighted by Gasteiger charge is -2.11. The van der Waals surface area contributed by atoms with Gasteiger partial charge in [-0.2, -0.15) is 0 Å². The van der Waals surface area contributed by atoms with Gasteiger partial charge >= 0.3 is 5.63 Å². The molecular formula is C19H15BrClNO4. The van der Waals surface area contributed by atoms with E-state index in [9.17, 15) is 9.59 Å². The zero-order chi connectivity index (χ0) is 18.8.